The number of hydrogen-bond acceptors (Lipinski definition) is 6. The summed E-state index contributed by atoms with van der Waals surface area (Å²) < 4.78 is 5.66. The number of benzene rings is 1. The van der Waals surface area contributed by atoms with Crippen molar-refractivity contribution in [2.24, 2.45) is 10.9 Å². The first-order valence-corrected chi connectivity index (χ1v) is 7.08. The molecule has 2 aromatic rings. The number of hydrazone groups is 1. The van der Waals surface area contributed by atoms with Crippen LogP contribution in [0.1, 0.15) is 5.76 Å². The Morgan fingerprint density at radius 2 is 2.00 bits per heavy atom. The standard InChI is InChI=1S/C15H15N5O4/c1-23-18-11-4-2-10(3-5-11)13-7-6-12(24-13)8-17-19-9-14(21)20(16)15(19)22/h2-8,18H,9,16H2,1H3/p+1/b17-8+. The SMILES string of the molecule is CO[NH2+]c1ccc(-c2ccc(/C=N/N3CC(=O)N(N)C3=O)o2)cc1. The van der Waals surface area contributed by atoms with Gasteiger partial charge in [-0.05, 0) is 24.3 Å². The number of hydrazine groups is 1. The van der Waals surface area contributed by atoms with Crippen molar-refractivity contribution in [3.05, 3.63) is 42.2 Å². The van der Waals surface area contributed by atoms with Crippen LogP contribution in [0.15, 0.2) is 45.9 Å². The number of nitrogens with two attached hydrogens (primary N) is 2. The van der Waals surface area contributed by atoms with Gasteiger partial charge in [0.1, 0.15) is 18.1 Å². The number of imide groups is 1. The Kier molecular flexibility index (Phi) is 4.38. The molecule has 2 heterocycles. The number of rotatable bonds is 5. The van der Waals surface area contributed by atoms with Gasteiger partial charge in [-0.25, -0.2) is 20.5 Å². The molecule has 0 spiro atoms. The third-order valence-electron chi connectivity index (χ3n) is 3.38. The second-order valence-corrected chi connectivity index (χ2v) is 5.03. The van der Waals surface area contributed by atoms with E-state index in [1.165, 1.54) is 6.21 Å². The van der Waals surface area contributed by atoms with Crippen LogP contribution in [0.25, 0.3) is 11.3 Å². The van der Waals surface area contributed by atoms with E-state index in [-0.39, 0.29) is 6.54 Å². The Balaban J connectivity index is 1.70. The Morgan fingerprint density at radius 3 is 2.62 bits per heavy atom. The number of hydrogen-bond donors (Lipinski definition) is 2. The fourth-order valence-electron chi connectivity index (χ4n) is 2.16. The predicted octanol–water partition coefficient (Wildman–Crippen LogP) is 0.175. The topological polar surface area (TPSA) is 118 Å². The first-order chi connectivity index (χ1) is 11.6. The van der Waals surface area contributed by atoms with Crippen molar-refractivity contribution in [2.75, 3.05) is 13.7 Å². The highest BCUT2D eigenvalue weighted by molar-refractivity contribution is 6.01. The monoisotopic (exact) mass is 330 g/mol. The molecule has 4 N–H and O–H groups in total. The maximum atomic E-state index is 11.6. The predicted molar refractivity (Wildman–Crippen MR) is 83.5 cm³/mol. The second kappa shape index (κ2) is 6.62. The Hall–Kier alpha value is -3.01. The minimum atomic E-state index is -0.673. The Bertz CT molecular complexity index is 783. The molecule has 1 aliphatic heterocycles. The van der Waals surface area contributed by atoms with E-state index in [0.717, 1.165) is 16.3 Å². The fraction of sp³-hybridized carbons (Fsp3) is 0.133. The smallest absolute Gasteiger partial charge is 0.362 e. The minimum Gasteiger partial charge on any atom is -0.455 e. The molecule has 124 valence electrons. The third kappa shape index (κ3) is 3.18. The fourth-order valence-corrected chi connectivity index (χ4v) is 2.16. The van der Waals surface area contributed by atoms with Gasteiger partial charge >= 0.3 is 6.03 Å². The van der Waals surface area contributed by atoms with Gasteiger partial charge in [-0.2, -0.15) is 15.6 Å². The van der Waals surface area contributed by atoms with Crippen LogP contribution in [0.4, 0.5) is 10.5 Å². The molecule has 3 amide bonds. The normalized spacial score (nSPS) is 15.1. The molecule has 0 saturated carbocycles. The molecule has 1 saturated heterocycles. The van der Waals surface area contributed by atoms with Crippen molar-refractivity contribution in [1.82, 2.24) is 10.0 Å². The summed E-state index contributed by atoms with van der Waals surface area (Å²) in [6.07, 6.45) is 1.36. The molecule has 24 heavy (non-hydrogen) atoms. The number of carbonyl (C=O) groups excluding carboxylic acids is 2. The van der Waals surface area contributed by atoms with Gasteiger partial charge in [0, 0.05) is 17.7 Å². The zero-order valence-electron chi connectivity index (χ0n) is 12.9. The van der Waals surface area contributed by atoms with E-state index in [0.29, 0.717) is 16.5 Å². The van der Waals surface area contributed by atoms with Crippen LogP contribution in [0.3, 0.4) is 0 Å². The molecule has 0 atom stereocenters. The molecule has 1 aromatic heterocycles. The number of quaternary nitrogens is 1. The molecule has 1 aromatic carbocycles. The first kappa shape index (κ1) is 15.9. The molecule has 1 aliphatic rings. The third-order valence-corrected chi connectivity index (χ3v) is 3.38. The van der Waals surface area contributed by atoms with Crippen molar-refractivity contribution in [3.63, 3.8) is 0 Å². The van der Waals surface area contributed by atoms with Crippen molar-refractivity contribution in [1.29, 1.82) is 0 Å². The second-order valence-electron chi connectivity index (χ2n) is 5.03. The summed E-state index contributed by atoms with van der Waals surface area (Å²) in [7, 11) is 1.59. The lowest BCUT2D eigenvalue weighted by Gasteiger charge is -2.06. The maximum absolute atomic E-state index is 11.6. The van der Waals surface area contributed by atoms with Gasteiger partial charge < -0.3 is 4.42 Å². The van der Waals surface area contributed by atoms with Gasteiger partial charge in [-0.3, -0.25) is 4.79 Å². The van der Waals surface area contributed by atoms with Gasteiger partial charge in [0.15, 0.2) is 5.69 Å². The van der Waals surface area contributed by atoms with E-state index < -0.39 is 11.9 Å². The van der Waals surface area contributed by atoms with Crippen molar-refractivity contribution < 1.29 is 24.3 Å². The number of urea groups is 1. The van der Waals surface area contributed by atoms with Gasteiger partial charge in [0.2, 0.25) is 0 Å². The zero-order valence-corrected chi connectivity index (χ0v) is 12.9. The quantitative estimate of drug-likeness (QED) is 0.202. The van der Waals surface area contributed by atoms with Gasteiger partial charge in [0.05, 0.1) is 13.3 Å². The van der Waals surface area contributed by atoms with Crippen LogP contribution in [-0.4, -0.2) is 41.8 Å². The van der Waals surface area contributed by atoms with E-state index in [2.05, 4.69) is 5.10 Å². The highest BCUT2D eigenvalue weighted by atomic mass is 16.6. The van der Waals surface area contributed by atoms with Gasteiger partial charge in [0.25, 0.3) is 5.91 Å². The summed E-state index contributed by atoms with van der Waals surface area (Å²) in [4.78, 5) is 27.8. The van der Waals surface area contributed by atoms with Crippen molar-refractivity contribution in [3.8, 4) is 11.3 Å². The molecular weight excluding hydrogens is 314 g/mol. The van der Waals surface area contributed by atoms with E-state index >= 15 is 0 Å². The highest BCUT2D eigenvalue weighted by Crippen LogP contribution is 2.22. The average Bonchev–Trinajstić information content (AvgIpc) is 3.15. The van der Waals surface area contributed by atoms with Gasteiger partial charge in [-0.15, -0.1) is 0 Å². The lowest BCUT2D eigenvalue weighted by Crippen LogP contribution is -2.75. The molecule has 1 fully saturated rings. The van der Waals surface area contributed by atoms with E-state index in [1.54, 1.807) is 24.7 Å². The number of amides is 3. The Labute approximate surface area is 137 Å². The summed E-state index contributed by atoms with van der Waals surface area (Å²) in [6, 6.07) is 10.4. The minimum absolute atomic E-state index is 0.184. The lowest BCUT2D eigenvalue weighted by molar-refractivity contribution is -0.830. The number of nitrogens with zero attached hydrogens (tertiary/aromatic N) is 3. The van der Waals surface area contributed by atoms with Crippen molar-refractivity contribution in [2.45, 2.75) is 0 Å². The Morgan fingerprint density at radius 1 is 1.25 bits per heavy atom. The molecule has 3 rings (SSSR count). The average molecular weight is 330 g/mol. The van der Waals surface area contributed by atoms with Crippen molar-refractivity contribution >= 4 is 23.8 Å². The van der Waals surface area contributed by atoms with Crippen LogP contribution < -0.4 is 11.3 Å². The van der Waals surface area contributed by atoms with Crippen LogP contribution >= 0.6 is 0 Å². The van der Waals surface area contributed by atoms with Crippen LogP contribution in [-0.2, 0) is 9.63 Å². The summed E-state index contributed by atoms with van der Waals surface area (Å²) in [6.45, 7) is -0.184. The molecule has 0 bridgehead atoms. The molecule has 9 heteroatoms. The summed E-state index contributed by atoms with van der Waals surface area (Å²) in [5, 5.41) is 5.43. The summed E-state index contributed by atoms with van der Waals surface area (Å²) in [5.74, 6) is 5.88. The first-order valence-electron chi connectivity index (χ1n) is 7.08. The molecule has 0 unspecified atom stereocenters. The maximum Gasteiger partial charge on any atom is 0.362 e. The van der Waals surface area contributed by atoms with E-state index in [1.807, 2.05) is 24.3 Å². The van der Waals surface area contributed by atoms with Crippen LogP contribution in [0.5, 0.6) is 0 Å². The molecule has 0 aliphatic carbocycles. The summed E-state index contributed by atoms with van der Waals surface area (Å²) >= 11 is 0. The number of carbonyl (C=O) groups is 2. The molecule has 0 radical (unpaired) electrons. The summed E-state index contributed by atoms with van der Waals surface area (Å²) in [5.41, 5.74) is 3.47. The van der Waals surface area contributed by atoms with E-state index in [9.17, 15) is 9.59 Å². The lowest BCUT2D eigenvalue weighted by atomic mass is 10.1. The van der Waals surface area contributed by atoms with Crippen LogP contribution in [0.2, 0.25) is 0 Å². The number of furan rings is 1. The van der Waals surface area contributed by atoms with Crippen LogP contribution in [0, 0.1) is 0 Å². The zero-order chi connectivity index (χ0) is 17.1. The molecule has 9 nitrogen and oxygen atoms in total. The van der Waals surface area contributed by atoms with Gasteiger partial charge in [-0.1, -0.05) is 0 Å². The highest BCUT2D eigenvalue weighted by Gasteiger charge is 2.33. The molecular formula is C15H16N5O4+. The van der Waals surface area contributed by atoms with E-state index in [4.69, 9.17) is 15.1 Å². The largest absolute Gasteiger partial charge is 0.455 e.